The number of nitriles is 1. The minimum atomic E-state index is -0.543. The largest absolute Gasteiger partial charge is 0.493 e. The third kappa shape index (κ3) is 5.64. The van der Waals surface area contributed by atoms with Gasteiger partial charge in [-0.1, -0.05) is 66.2 Å². The molecule has 0 aliphatic carbocycles. The Kier molecular flexibility index (Phi) is 8.14. The van der Waals surface area contributed by atoms with Gasteiger partial charge in [0.1, 0.15) is 18.2 Å². The van der Waals surface area contributed by atoms with Crippen LogP contribution in [0.2, 0.25) is 5.02 Å². The highest BCUT2D eigenvalue weighted by Gasteiger charge is 2.16. The fourth-order valence-corrected chi connectivity index (χ4v) is 4.87. The lowest BCUT2D eigenvalue weighted by Crippen LogP contribution is -2.14. The molecule has 180 valence electrons. The summed E-state index contributed by atoms with van der Waals surface area (Å²) in [4.78, 5) is 12.8. The summed E-state index contributed by atoms with van der Waals surface area (Å²) in [6.45, 7) is 2.20. The van der Waals surface area contributed by atoms with Gasteiger partial charge in [0, 0.05) is 0 Å². The van der Waals surface area contributed by atoms with Crippen LogP contribution in [0.25, 0.3) is 16.8 Å². The zero-order valence-corrected chi connectivity index (χ0v) is 22.6. The highest BCUT2D eigenvalue weighted by Crippen LogP contribution is 2.36. The van der Waals surface area contributed by atoms with Gasteiger partial charge in [-0.3, -0.25) is 4.79 Å². The maximum Gasteiger partial charge on any atom is 0.266 e. The standard InChI is InChI=1S/C29H22ClIN2O3/c1-18-7-5-12-24(30)27(18)33-29(34)22(16-32)13-19-14-25(31)28(26(15-19)35-2)36-17-21-10-6-9-20-8-3-4-11-23(20)21/h3-15H,17H2,1-2H3,(H,33,34)/b22-13+. The maximum atomic E-state index is 12.8. The summed E-state index contributed by atoms with van der Waals surface area (Å²) in [5.41, 5.74) is 2.92. The van der Waals surface area contributed by atoms with E-state index in [9.17, 15) is 10.1 Å². The minimum absolute atomic E-state index is 0.0587. The van der Waals surface area contributed by atoms with Crippen LogP contribution in [0.3, 0.4) is 0 Å². The van der Waals surface area contributed by atoms with Crippen molar-refractivity contribution in [2.45, 2.75) is 13.5 Å². The van der Waals surface area contributed by atoms with Crippen LogP contribution in [-0.2, 0) is 11.4 Å². The quantitative estimate of drug-likeness (QED) is 0.134. The fourth-order valence-electron chi connectivity index (χ4n) is 3.82. The lowest BCUT2D eigenvalue weighted by Gasteiger charge is -2.15. The SMILES string of the molecule is COc1cc(/C=C(\C#N)C(=O)Nc2c(C)cccc2Cl)cc(I)c1OCc1cccc2ccccc12. The Morgan fingerprint density at radius 1 is 1.11 bits per heavy atom. The minimum Gasteiger partial charge on any atom is -0.493 e. The van der Waals surface area contributed by atoms with Gasteiger partial charge in [-0.15, -0.1) is 0 Å². The molecule has 4 aromatic rings. The molecule has 36 heavy (non-hydrogen) atoms. The summed E-state index contributed by atoms with van der Waals surface area (Å²) in [7, 11) is 1.56. The highest BCUT2D eigenvalue weighted by atomic mass is 127. The number of carbonyl (C=O) groups excluding carboxylic acids is 1. The number of fused-ring (bicyclic) bond motifs is 1. The Labute approximate surface area is 228 Å². The molecule has 0 bridgehead atoms. The number of hydrogen-bond acceptors (Lipinski definition) is 4. The van der Waals surface area contributed by atoms with Crippen LogP contribution in [0.5, 0.6) is 11.5 Å². The van der Waals surface area contributed by atoms with Crippen molar-refractivity contribution in [2.75, 3.05) is 12.4 Å². The van der Waals surface area contributed by atoms with E-state index in [0.717, 1.165) is 25.5 Å². The molecular weight excluding hydrogens is 587 g/mol. The molecule has 0 spiro atoms. The molecule has 0 fully saturated rings. The van der Waals surface area contributed by atoms with E-state index in [1.807, 2.05) is 49.4 Å². The Hall–Kier alpha value is -3.54. The summed E-state index contributed by atoms with van der Waals surface area (Å²) >= 11 is 8.38. The fraction of sp³-hybridized carbons (Fsp3) is 0.103. The van der Waals surface area contributed by atoms with E-state index in [2.05, 4.69) is 46.1 Å². The molecule has 0 aromatic heterocycles. The van der Waals surface area contributed by atoms with Gasteiger partial charge in [0.25, 0.3) is 5.91 Å². The normalized spacial score (nSPS) is 11.1. The third-order valence-electron chi connectivity index (χ3n) is 5.64. The summed E-state index contributed by atoms with van der Waals surface area (Å²) in [6.07, 6.45) is 1.51. The van der Waals surface area contributed by atoms with E-state index < -0.39 is 5.91 Å². The van der Waals surface area contributed by atoms with Crippen molar-refractivity contribution in [3.8, 4) is 17.6 Å². The predicted octanol–water partition coefficient (Wildman–Crippen LogP) is 7.54. The van der Waals surface area contributed by atoms with Crippen molar-refractivity contribution in [3.05, 3.63) is 104 Å². The van der Waals surface area contributed by atoms with Crippen LogP contribution >= 0.6 is 34.2 Å². The number of nitrogens with one attached hydrogen (secondary N) is 1. The first-order chi connectivity index (χ1) is 17.4. The summed E-state index contributed by atoms with van der Waals surface area (Å²) in [6, 6.07) is 25.2. The van der Waals surface area contributed by atoms with Crippen LogP contribution in [0.1, 0.15) is 16.7 Å². The molecule has 0 aliphatic heterocycles. The summed E-state index contributed by atoms with van der Waals surface area (Å²) in [5.74, 6) is 0.560. The van der Waals surface area contributed by atoms with Crippen LogP contribution in [0.4, 0.5) is 5.69 Å². The van der Waals surface area contributed by atoms with Gasteiger partial charge in [-0.2, -0.15) is 5.26 Å². The first-order valence-electron chi connectivity index (χ1n) is 11.1. The molecule has 4 aromatic carbocycles. The zero-order valence-electron chi connectivity index (χ0n) is 19.6. The second kappa shape index (κ2) is 11.5. The molecule has 5 nitrogen and oxygen atoms in total. The Morgan fingerprint density at radius 3 is 2.61 bits per heavy atom. The Balaban J connectivity index is 1.59. The van der Waals surface area contributed by atoms with E-state index in [1.165, 1.54) is 6.08 Å². The molecular formula is C29H22ClIN2O3. The monoisotopic (exact) mass is 608 g/mol. The number of methoxy groups -OCH3 is 1. The number of ether oxygens (including phenoxy) is 2. The lowest BCUT2D eigenvalue weighted by atomic mass is 10.1. The maximum absolute atomic E-state index is 12.8. The summed E-state index contributed by atoms with van der Waals surface area (Å²) in [5, 5.41) is 15.1. The number of benzene rings is 4. The first kappa shape index (κ1) is 25.5. The number of halogens is 2. The van der Waals surface area contributed by atoms with Gasteiger partial charge in [-0.05, 0) is 81.3 Å². The molecule has 4 rings (SSSR count). The molecule has 1 N–H and O–H groups in total. The van der Waals surface area contributed by atoms with E-state index in [1.54, 1.807) is 25.3 Å². The molecule has 0 saturated heterocycles. The van der Waals surface area contributed by atoms with Gasteiger partial charge in [0.2, 0.25) is 0 Å². The smallest absolute Gasteiger partial charge is 0.266 e. The molecule has 0 unspecified atom stereocenters. The number of rotatable bonds is 7. The number of carbonyl (C=O) groups is 1. The van der Waals surface area contributed by atoms with Crippen molar-refractivity contribution in [3.63, 3.8) is 0 Å². The summed E-state index contributed by atoms with van der Waals surface area (Å²) < 4.78 is 12.6. The number of amides is 1. The topological polar surface area (TPSA) is 71.3 Å². The Morgan fingerprint density at radius 2 is 1.86 bits per heavy atom. The predicted molar refractivity (Wildman–Crippen MR) is 152 cm³/mol. The molecule has 0 aliphatic rings. The first-order valence-corrected chi connectivity index (χ1v) is 12.5. The zero-order chi connectivity index (χ0) is 25.7. The van der Waals surface area contributed by atoms with Crippen molar-refractivity contribution in [1.29, 1.82) is 5.26 Å². The molecule has 0 saturated carbocycles. The molecule has 7 heteroatoms. The van der Waals surface area contributed by atoms with Crippen molar-refractivity contribution in [2.24, 2.45) is 0 Å². The van der Waals surface area contributed by atoms with Crippen molar-refractivity contribution >= 4 is 62.6 Å². The second-order valence-corrected chi connectivity index (χ2v) is 9.59. The molecule has 0 heterocycles. The number of aryl methyl sites for hydroxylation is 1. The van der Waals surface area contributed by atoms with E-state index in [0.29, 0.717) is 34.4 Å². The number of para-hydroxylation sites is 1. The van der Waals surface area contributed by atoms with Crippen LogP contribution in [0, 0.1) is 21.8 Å². The van der Waals surface area contributed by atoms with E-state index >= 15 is 0 Å². The lowest BCUT2D eigenvalue weighted by molar-refractivity contribution is -0.112. The molecule has 1 amide bonds. The number of hydrogen-bond donors (Lipinski definition) is 1. The van der Waals surface area contributed by atoms with Gasteiger partial charge >= 0.3 is 0 Å². The van der Waals surface area contributed by atoms with Crippen LogP contribution in [0.15, 0.2) is 78.4 Å². The highest BCUT2D eigenvalue weighted by molar-refractivity contribution is 14.1. The second-order valence-electron chi connectivity index (χ2n) is 8.02. The third-order valence-corrected chi connectivity index (χ3v) is 6.76. The van der Waals surface area contributed by atoms with Crippen molar-refractivity contribution < 1.29 is 14.3 Å². The van der Waals surface area contributed by atoms with Gasteiger partial charge in [0.15, 0.2) is 11.5 Å². The van der Waals surface area contributed by atoms with Crippen molar-refractivity contribution in [1.82, 2.24) is 0 Å². The van der Waals surface area contributed by atoms with Gasteiger partial charge in [0.05, 0.1) is 21.4 Å². The van der Waals surface area contributed by atoms with E-state index in [-0.39, 0.29) is 5.57 Å². The average molecular weight is 609 g/mol. The number of anilines is 1. The number of nitrogens with zero attached hydrogens (tertiary/aromatic N) is 1. The molecule has 0 radical (unpaired) electrons. The van der Waals surface area contributed by atoms with E-state index in [4.69, 9.17) is 21.1 Å². The van der Waals surface area contributed by atoms with Crippen LogP contribution in [-0.4, -0.2) is 13.0 Å². The van der Waals surface area contributed by atoms with Gasteiger partial charge < -0.3 is 14.8 Å². The van der Waals surface area contributed by atoms with Crippen LogP contribution < -0.4 is 14.8 Å². The van der Waals surface area contributed by atoms with Gasteiger partial charge in [-0.25, -0.2) is 0 Å². The average Bonchev–Trinajstić information content (AvgIpc) is 2.88. The Bertz CT molecular complexity index is 1500. The molecule has 0 atom stereocenters.